The van der Waals surface area contributed by atoms with Crippen LogP contribution in [0.1, 0.15) is 23.9 Å². The summed E-state index contributed by atoms with van der Waals surface area (Å²) < 4.78 is 2.24. The van der Waals surface area contributed by atoms with Crippen molar-refractivity contribution in [1.82, 2.24) is 9.55 Å². The van der Waals surface area contributed by atoms with E-state index in [-0.39, 0.29) is 0 Å². The van der Waals surface area contributed by atoms with Gasteiger partial charge in [-0.2, -0.15) is 0 Å². The van der Waals surface area contributed by atoms with E-state index in [0.29, 0.717) is 0 Å². The molecule has 19 heavy (non-hydrogen) atoms. The number of rotatable bonds is 2. The fourth-order valence-corrected chi connectivity index (χ4v) is 2.62. The Hall–Kier alpha value is -2.09. The second-order valence-corrected chi connectivity index (χ2v) is 4.93. The van der Waals surface area contributed by atoms with Crippen LogP contribution in [-0.2, 0) is 6.42 Å². The van der Waals surface area contributed by atoms with Crippen LogP contribution in [0, 0.1) is 19.9 Å². The molecule has 0 spiro atoms. The normalized spacial score (nSPS) is 11.1. The van der Waals surface area contributed by atoms with E-state index in [4.69, 9.17) is 4.98 Å². The Bertz CT molecular complexity index is 724. The molecule has 0 unspecified atom stereocenters. The predicted molar refractivity (Wildman–Crippen MR) is 78.8 cm³/mol. The van der Waals surface area contributed by atoms with E-state index in [2.05, 4.69) is 49.6 Å². The van der Waals surface area contributed by atoms with Crippen LogP contribution >= 0.6 is 0 Å². The zero-order valence-corrected chi connectivity index (χ0v) is 11.6. The third kappa shape index (κ3) is 1.93. The number of benzene rings is 2. The van der Waals surface area contributed by atoms with E-state index in [9.17, 15) is 0 Å². The highest BCUT2D eigenvalue weighted by Gasteiger charge is 2.12. The molecule has 0 saturated carbocycles. The van der Waals surface area contributed by atoms with Gasteiger partial charge in [-0.15, -0.1) is 0 Å². The second-order valence-electron chi connectivity index (χ2n) is 4.93. The number of nitrogens with zero attached hydrogens (tertiary/aromatic N) is 2. The van der Waals surface area contributed by atoms with Crippen LogP contribution in [-0.4, -0.2) is 9.55 Å². The number of imidazole rings is 1. The number of hydrogen-bond donors (Lipinski definition) is 0. The van der Waals surface area contributed by atoms with Crippen molar-refractivity contribution in [2.24, 2.45) is 0 Å². The summed E-state index contributed by atoms with van der Waals surface area (Å²) in [6, 6.07) is 15.6. The van der Waals surface area contributed by atoms with Gasteiger partial charge in [0.25, 0.3) is 0 Å². The molecule has 2 heteroatoms. The van der Waals surface area contributed by atoms with Gasteiger partial charge in [-0.05, 0) is 49.2 Å². The smallest absolute Gasteiger partial charge is 0.114 e. The molecule has 2 nitrogen and oxygen atoms in total. The number of fused-ring (bicyclic) bond motifs is 1. The molecule has 0 aliphatic heterocycles. The molecule has 0 aliphatic carbocycles. The first-order valence-corrected chi connectivity index (χ1v) is 6.65. The molecule has 1 aromatic heterocycles. The van der Waals surface area contributed by atoms with Crippen LogP contribution in [0.15, 0.2) is 36.4 Å². The molecule has 3 aromatic rings. The number of aryl methyl sites for hydroxylation is 3. The van der Waals surface area contributed by atoms with Crippen LogP contribution in [0.4, 0.5) is 0 Å². The molecule has 1 heterocycles. The molecule has 3 rings (SSSR count). The summed E-state index contributed by atoms with van der Waals surface area (Å²) in [6.07, 6.45) is 0.919. The van der Waals surface area contributed by atoms with Crippen LogP contribution < -0.4 is 0 Å². The molecule has 0 bridgehead atoms. The van der Waals surface area contributed by atoms with Gasteiger partial charge in [0.05, 0.1) is 11.0 Å². The van der Waals surface area contributed by atoms with Crippen molar-refractivity contribution in [1.29, 1.82) is 0 Å². The van der Waals surface area contributed by atoms with Crippen molar-refractivity contribution >= 4 is 11.0 Å². The van der Waals surface area contributed by atoms with E-state index < -0.39 is 0 Å². The summed E-state index contributed by atoms with van der Waals surface area (Å²) >= 11 is 0. The van der Waals surface area contributed by atoms with E-state index in [0.717, 1.165) is 23.4 Å². The molecular weight excluding hydrogens is 232 g/mol. The molecule has 0 amide bonds. The average molecular weight is 249 g/mol. The molecule has 95 valence electrons. The van der Waals surface area contributed by atoms with Crippen molar-refractivity contribution < 1.29 is 0 Å². The van der Waals surface area contributed by atoms with Crippen LogP contribution in [0.5, 0.6) is 0 Å². The highest BCUT2D eigenvalue weighted by Crippen LogP contribution is 2.25. The molecular formula is C17H17N2. The zero-order valence-electron chi connectivity index (χ0n) is 11.6. The average Bonchev–Trinajstić information content (AvgIpc) is 2.78. The number of hydrogen-bond acceptors (Lipinski definition) is 1. The third-order valence-corrected chi connectivity index (χ3v) is 3.43. The highest BCUT2D eigenvalue weighted by atomic mass is 15.1. The topological polar surface area (TPSA) is 17.8 Å². The zero-order chi connectivity index (χ0) is 13.4. The maximum Gasteiger partial charge on any atom is 0.114 e. The molecule has 0 N–H and O–H groups in total. The minimum absolute atomic E-state index is 0.919. The Balaban J connectivity index is 2.39. The second kappa shape index (κ2) is 4.54. The van der Waals surface area contributed by atoms with Gasteiger partial charge in [0.2, 0.25) is 0 Å². The Morgan fingerprint density at radius 2 is 2.11 bits per heavy atom. The Morgan fingerprint density at radius 3 is 2.79 bits per heavy atom. The molecule has 2 aromatic carbocycles. The third-order valence-electron chi connectivity index (χ3n) is 3.43. The first kappa shape index (κ1) is 12.0. The summed E-state index contributed by atoms with van der Waals surface area (Å²) in [5.41, 5.74) is 5.93. The van der Waals surface area contributed by atoms with Gasteiger partial charge in [-0.25, -0.2) is 4.98 Å². The monoisotopic (exact) mass is 249 g/mol. The highest BCUT2D eigenvalue weighted by molar-refractivity contribution is 5.82. The quantitative estimate of drug-likeness (QED) is 0.671. The SMILES string of the molecule is CCc1nc2c(C)cc(C)cc2n1-c1c[c]ccc1. The van der Waals surface area contributed by atoms with Crippen molar-refractivity contribution in [3.63, 3.8) is 0 Å². The Labute approximate surface area is 113 Å². The number of aromatic nitrogens is 2. The lowest BCUT2D eigenvalue weighted by atomic mass is 10.1. The minimum atomic E-state index is 0.919. The summed E-state index contributed by atoms with van der Waals surface area (Å²) in [6.45, 7) is 6.41. The lowest BCUT2D eigenvalue weighted by Gasteiger charge is -2.08. The van der Waals surface area contributed by atoms with Crippen molar-refractivity contribution in [2.45, 2.75) is 27.2 Å². The van der Waals surface area contributed by atoms with E-state index >= 15 is 0 Å². The Morgan fingerprint density at radius 1 is 1.26 bits per heavy atom. The van der Waals surface area contributed by atoms with Gasteiger partial charge < -0.3 is 0 Å². The first-order chi connectivity index (χ1) is 9.20. The first-order valence-electron chi connectivity index (χ1n) is 6.65. The lowest BCUT2D eigenvalue weighted by molar-refractivity contribution is 0.908. The fourth-order valence-electron chi connectivity index (χ4n) is 2.62. The van der Waals surface area contributed by atoms with Crippen molar-refractivity contribution in [2.75, 3.05) is 0 Å². The summed E-state index contributed by atoms with van der Waals surface area (Å²) in [4.78, 5) is 4.80. The molecule has 0 aliphatic rings. The Kier molecular flexibility index (Phi) is 2.86. The van der Waals surface area contributed by atoms with Crippen LogP contribution in [0.3, 0.4) is 0 Å². The standard InChI is InChI=1S/C17H17N2/c1-4-16-18-17-13(3)10-12(2)11-15(17)19(16)14-8-6-5-7-9-14/h5-6,8-11H,4H2,1-3H3. The van der Waals surface area contributed by atoms with Crippen LogP contribution in [0.2, 0.25) is 0 Å². The predicted octanol–water partition coefficient (Wildman–Crippen LogP) is 4.00. The lowest BCUT2D eigenvalue weighted by Crippen LogP contribution is -1.99. The largest absolute Gasteiger partial charge is 0.296 e. The van der Waals surface area contributed by atoms with Crippen molar-refractivity contribution in [3.8, 4) is 5.69 Å². The van der Waals surface area contributed by atoms with E-state index in [1.54, 1.807) is 0 Å². The van der Waals surface area contributed by atoms with Gasteiger partial charge in [0.1, 0.15) is 5.82 Å². The van der Waals surface area contributed by atoms with E-state index in [1.807, 2.05) is 18.2 Å². The fraction of sp³-hybridized carbons (Fsp3) is 0.235. The molecule has 1 radical (unpaired) electrons. The van der Waals surface area contributed by atoms with Gasteiger partial charge >= 0.3 is 0 Å². The van der Waals surface area contributed by atoms with Gasteiger partial charge in [0, 0.05) is 12.1 Å². The summed E-state index contributed by atoms with van der Waals surface area (Å²) in [5, 5.41) is 0. The van der Waals surface area contributed by atoms with Gasteiger partial charge in [-0.3, -0.25) is 4.57 Å². The molecule has 0 atom stereocenters. The minimum Gasteiger partial charge on any atom is -0.296 e. The molecule has 0 saturated heterocycles. The summed E-state index contributed by atoms with van der Waals surface area (Å²) in [5.74, 6) is 1.10. The van der Waals surface area contributed by atoms with Gasteiger partial charge in [0.15, 0.2) is 0 Å². The van der Waals surface area contributed by atoms with E-state index in [1.165, 1.54) is 16.6 Å². The maximum absolute atomic E-state index is 4.80. The van der Waals surface area contributed by atoms with Crippen LogP contribution in [0.25, 0.3) is 16.7 Å². The molecule has 0 fully saturated rings. The summed E-state index contributed by atoms with van der Waals surface area (Å²) in [7, 11) is 0. The maximum atomic E-state index is 4.80. The van der Waals surface area contributed by atoms with Gasteiger partial charge in [-0.1, -0.05) is 25.1 Å². The van der Waals surface area contributed by atoms with Crippen molar-refractivity contribution in [3.05, 3.63) is 59.4 Å².